The van der Waals surface area contributed by atoms with Gasteiger partial charge >= 0.3 is 6.18 Å². The quantitative estimate of drug-likeness (QED) is 0.784. The summed E-state index contributed by atoms with van der Waals surface area (Å²) in [6.45, 7) is 0.393. The summed E-state index contributed by atoms with van der Waals surface area (Å²) in [5.41, 5.74) is 6.66. The van der Waals surface area contributed by atoms with Crippen molar-refractivity contribution in [3.05, 3.63) is 47.9 Å². The van der Waals surface area contributed by atoms with Gasteiger partial charge in [-0.1, -0.05) is 0 Å². The maximum absolute atomic E-state index is 12.7. The molecule has 3 rings (SSSR count). The van der Waals surface area contributed by atoms with Crippen LogP contribution in [-0.4, -0.2) is 9.55 Å². The third-order valence-electron chi connectivity index (χ3n) is 3.03. The summed E-state index contributed by atoms with van der Waals surface area (Å²) in [7, 11) is 0. The van der Waals surface area contributed by atoms with E-state index >= 15 is 0 Å². The summed E-state index contributed by atoms with van der Waals surface area (Å²) in [5, 5.41) is 0. The van der Waals surface area contributed by atoms with Gasteiger partial charge in [0.15, 0.2) is 0 Å². The zero-order valence-electron chi connectivity index (χ0n) is 10.2. The molecule has 0 radical (unpaired) electrons. The van der Waals surface area contributed by atoms with Crippen LogP contribution in [0.15, 0.2) is 41.2 Å². The van der Waals surface area contributed by atoms with Gasteiger partial charge in [0.2, 0.25) is 5.95 Å². The fraction of sp³-hybridized carbons (Fsp3) is 0.154. The number of anilines is 1. The van der Waals surface area contributed by atoms with Crippen LogP contribution in [0.3, 0.4) is 0 Å². The number of halogens is 3. The number of furan rings is 1. The number of benzene rings is 1. The van der Waals surface area contributed by atoms with Crippen LogP contribution in [0.4, 0.5) is 19.1 Å². The summed E-state index contributed by atoms with van der Waals surface area (Å²) >= 11 is 0. The van der Waals surface area contributed by atoms with Crippen molar-refractivity contribution in [3.8, 4) is 0 Å². The fourth-order valence-corrected chi connectivity index (χ4v) is 2.06. The first-order valence-corrected chi connectivity index (χ1v) is 5.79. The van der Waals surface area contributed by atoms with E-state index < -0.39 is 11.7 Å². The lowest BCUT2D eigenvalue weighted by molar-refractivity contribution is -0.137. The molecule has 1 aromatic carbocycles. The number of imidazole rings is 1. The Kier molecular flexibility index (Phi) is 2.70. The summed E-state index contributed by atoms with van der Waals surface area (Å²) in [6, 6.07) is 5.16. The molecule has 0 unspecified atom stereocenters. The number of hydrogen-bond acceptors (Lipinski definition) is 3. The van der Waals surface area contributed by atoms with Gasteiger partial charge in [-0.15, -0.1) is 0 Å². The van der Waals surface area contributed by atoms with Crippen molar-refractivity contribution in [2.75, 3.05) is 5.73 Å². The number of nitrogens with zero attached hydrogens (tertiary/aromatic N) is 2. The Hall–Kier alpha value is -2.44. The van der Waals surface area contributed by atoms with Gasteiger partial charge in [0.05, 0.1) is 35.7 Å². The molecule has 0 aliphatic carbocycles. The molecule has 0 spiro atoms. The van der Waals surface area contributed by atoms with Gasteiger partial charge in [0.25, 0.3) is 0 Å². The van der Waals surface area contributed by atoms with Crippen LogP contribution >= 0.6 is 0 Å². The molecule has 2 aromatic heterocycles. The second-order valence-corrected chi connectivity index (χ2v) is 4.39. The van der Waals surface area contributed by atoms with Gasteiger partial charge in [-0.3, -0.25) is 0 Å². The van der Waals surface area contributed by atoms with E-state index in [9.17, 15) is 13.2 Å². The number of fused-ring (bicyclic) bond motifs is 1. The van der Waals surface area contributed by atoms with Crippen LogP contribution in [0, 0.1) is 0 Å². The van der Waals surface area contributed by atoms with Gasteiger partial charge < -0.3 is 14.7 Å². The molecule has 3 aromatic rings. The van der Waals surface area contributed by atoms with Gasteiger partial charge in [0.1, 0.15) is 0 Å². The molecule has 0 saturated heterocycles. The number of nitrogens with two attached hydrogens (primary N) is 1. The molecule has 0 amide bonds. The average Bonchev–Trinajstić information content (AvgIpc) is 2.97. The highest BCUT2D eigenvalue weighted by molar-refractivity contribution is 5.79. The Balaban J connectivity index is 2.08. The third kappa shape index (κ3) is 2.11. The number of alkyl halides is 3. The predicted molar refractivity (Wildman–Crippen MR) is 67.0 cm³/mol. The van der Waals surface area contributed by atoms with Crippen LogP contribution in [0.25, 0.3) is 11.0 Å². The first-order valence-electron chi connectivity index (χ1n) is 5.79. The zero-order valence-corrected chi connectivity index (χ0v) is 10.2. The van der Waals surface area contributed by atoms with E-state index in [1.807, 2.05) is 0 Å². The maximum Gasteiger partial charge on any atom is 0.416 e. The van der Waals surface area contributed by atoms with E-state index in [1.54, 1.807) is 16.9 Å². The SMILES string of the molecule is Nc1nc2cc(C(F)(F)F)ccc2n1Cc1ccoc1. The smallest absolute Gasteiger partial charge is 0.416 e. The molecule has 7 heteroatoms. The first kappa shape index (κ1) is 12.6. The van der Waals surface area contributed by atoms with Gasteiger partial charge in [-0.2, -0.15) is 13.2 Å². The molecule has 0 aliphatic rings. The maximum atomic E-state index is 12.7. The average molecular weight is 281 g/mol. The zero-order chi connectivity index (χ0) is 14.3. The molecule has 0 atom stereocenters. The van der Waals surface area contributed by atoms with Crippen molar-refractivity contribution in [1.82, 2.24) is 9.55 Å². The molecule has 104 valence electrons. The van der Waals surface area contributed by atoms with Crippen molar-refractivity contribution in [2.24, 2.45) is 0 Å². The predicted octanol–water partition coefficient (Wildman–Crippen LogP) is 3.28. The standard InChI is InChI=1S/C13H10F3N3O/c14-13(15,16)9-1-2-11-10(5-9)18-12(17)19(11)6-8-3-4-20-7-8/h1-5,7H,6H2,(H2,17,18). The highest BCUT2D eigenvalue weighted by Gasteiger charge is 2.31. The minimum Gasteiger partial charge on any atom is -0.472 e. The molecule has 2 N–H and O–H groups in total. The third-order valence-corrected chi connectivity index (χ3v) is 3.03. The number of aromatic nitrogens is 2. The highest BCUT2D eigenvalue weighted by Crippen LogP contribution is 2.32. The van der Waals surface area contributed by atoms with Crippen LogP contribution in [0.2, 0.25) is 0 Å². The van der Waals surface area contributed by atoms with E-state index in [-0.39, 0.29) is 11.5 Å². The van der Waals surface area contributed by atoms with Gasteiger partial charge in [-0.25, -0.2) is 4.98 Å². The normalized spacial score (nSPS) is 12.2. The second kappa shape index (κ2) is 4.29. The van der Waals surface area contributed by atoms with E-state index in [4.69, 9.17) is 10.2 Å². The van der Waals surface area contributed by atoms with E-state index in [0.717, 1.165) is 17.7 Å². The molecular weight excluding hydrogens is 271 g/mol. The van der Waals surface area contributed by atoms with E-state index in [2.05, 4.69) is 4.98 Å². The number of hydrogen-bond donors (Lipinski definition) is 1. The van der Waals surface area contributed by atoms with Crippen LogP contribution in [0.5, 0.6) is 0 Å². The fourth-order valence-electron chi connectivity index (χ4n) is 2.06. The lowest BCUT2D eigenvalue weighted by Gasteiger charge is -2.07. The second-order valence-electron chi connectivity index (χ2n) is 4.39. The summed E-state index contributed by atoms with van der Waals surface area (Å²) in [6.07, 6.45) is -1.32. The summed E-state index contributed by atoms with van der Waals surface area (Å²) < 4.78 is 44.5. The Morgan fingerprint density at radius 2 is 2.05 bits per heavy atom. The van der Waals surface area contributed by atoms with E-state index in [1.165, 1.54) is 12.3 Å². The van der Waals surface area contributed by atoms with Gasteiger partial charge in [-0.05, 0) is 24.3 Å². The van der Waals surface area contributed by atoms with Crippen molar-refractivity contribution < 1.29 is 17.6 Å². The topological polar surface area (TPSA) is 57.0 Å². The first-order chi connectivity index (χ1) is 9.45. The van der Waals surface area contributed by atoms with Crippen LogP contribution in [0.1, 0.15) is 11.1 Å². The Labute approximate surface area is 111 Å². The Morgan fingerprint density at radius 3 is 2.70 bits per heavy atom. The molecule has 0 aliphatic heterocycles. The number of nitrogen functional groups attached to an aromatic ring is 1. The minimum atomic E-state index is -4.39. The van der Waals surface area contributed by atoms with Crippen molar-refractivity contribution in [3.63, 3.8) is 0 Å². The van der Waals surface area contributed by atoms with Crippen molar-refractivity contribution in [1.29, 1.82) is 0 Å². The number of rotatable bonds is 2. The highest BCUT2D eigenvalue weighted by atomic mass is 19.4. The molecule has 0 fully saturated rings. The summed E-state index contributed by atoms with van der Waals surface area (Å²) in [5.74, 6) is 0.167. The largest absolute Gasteiger partial charge is 0.472 e. The minimum absolute atomic E-state index is 0.167. The monoisotopic (exact) mass is 281 g/mol. The molecule has 20 heavy (non-hydrogen) atoms. The van der Waals surface area contributed by atoms with Gasteiger partial charge in [0, 0.05) is 5.56 Å². The van der Waals surface area contributed by atoms with Crippen LogP contribution in [-0.2, 0) is 12.7 Å². The molecule has 4 nitrogen and oxygen atoms in total. The molecular formula is C13H10F3N3O. The Morgan fingerprint density at radius 1 is 1.25 bits per heavy atom. The lowest BCUT2D eigenvalue weighted by Crippen LogP contribution is -2.05. The molecule has 2 heterocycles. The van der Waals surface area contributed by atoms with Crippen LogP contribution < -0.4 is 5.73 Å². The van der Waals surface area contributed by atoms with Crippen molar-refractivity contribution >= 4 is 17.0 Å². The Bertz CT molecular complexity index is 744. The molecule has 0 saturated carbocycles. The lowest BCUT2D eigenvalue weighted by atomic mass is 10.2. The van der Waals surface area contributed by atoms with Crippen molar-refractivity contribution in [2.45, 2.75) is 12.7 Å². The van der Waals surface area contributed by atoms with E-state index in [0.29, 0.717) is 12.1 Å². The molecule has 0 bridgehead atoms. The summed E-state index contributed by atoms with van der Waals surface area (Å²) in [4.78, 5) is 3.98.